The summed E-state index contributed by atoms with van der Waals surface area (Å²) in [6.45, 7) is 8.82. The maximum absolute atomic E-state index is 10.6. The van der Waals surface area contributed by atoms with E-state index in [1.54, 1.807) is 0 Å². The van der Waals surface area contributed by atoms with Gasteiger partial charge in [-0.25, -0.2) is 0 Å². The smallest absolute Gasteiger partial charge is 0.303 e. The zero-order valence-electron chi connectivity index (χ0n) is 13.1. The van der Waals surface area contributed by atoms with Gasteiger partial charge in [0.1, 0.15) is 0 Å². The molecule has 0 unspecified atom stereocenters. The van der Waals surface area contributed by atoms with Crippen molar-refractivity contribution in [3.8, 4) is 0 Å². The lowest BCUT2D eigenvalue weighted by Gasteiger charge is -2.30. The Kier molecular flexibility index (Phi) is 4.98. The van der Waals surface area contributed by atoms with Crippen LogP contribution in [0, 0.1) is 5.92 Å². The van der Waals surface area contributed by atoms with Crippen LogP contribution in [0.2, 0.25) is 0 Å². The predicted molar refractivity (Wildman–Crippen MR) is 77.9 cm³/mol. The van der Waals surface area contributed by atoms with Crippen LogP contribution in [0.15, 0.2) is 4.52 Å². The molecule has 0 bridgehead atoms. The van der Waals surface area contributed by atoms with E-state index in [-0.39, 0.29) is 11.8 Å². The predicted octanol–water partition coefficient (Wildman–Crippen LogP) is 2.44. The summed E-state index contributed by atoms with van der Waals surface area (Å²) < 4.78 is 5.32. The minimum atomic E-state index is -0.696. The summed E-state index contributed by atoms with van der Waals surface area (Å²) in [5.74, 6) is 1.25. The number of carboxylic acids is 1. The van der Waals surface area contributed by atoms with Crippen LogP contribution in [0.3, 0.4) is 0 Å². The molecule has 0 saturated carbocycles. The minimum absolute atomic E-state index is 0.0917. The molecule has 1 saturated heterocycles. The molecular formula is C15H25N3O3. The fourth-order valence-electron chi connectivity index (χ4n) is 2.58. The lowest BCUT2D eigenvalue weighted by Crippen LogP contribution is -2.33. The van der Waals surface area contributed by atoms with E-state index in [0.29, 0.717) is 18.4 Å². The van der Waals surface area contributed by atoms with Crippen molar-refractivity contribution in [3.63, 3.8) is 0 Å². The summed E-state index contributed by atoms with van der Waals surface area (Å²) in [5, 5.41) is 12.8. The van der Waals surface area contributed by atoms with Gasteiger partial charge in [-0.1, -0.05) is 25.9 Å². The quantitative estimate of drug-likeness (QED) is 0.898. The van der Waals surface area contributed by atoms with E-state index in [1.165, 1.54) is 0 Å². The third kappa shape index (κ3) is 4.81. The Balaban J connectivity index is 1.78. The molecule has 1 aromatic rings. The normalized spacial score (nSPS) is 18.0. The average molecular weight is 295 g/mol. The van der Waals surface area contributed by atoms with Gasteiger partial charge in [0.15, 0.2) is 5.82 Å². The monoisotopic (exact) mass is 295 g/mol. The van der Waals surface area contributed by atoms with Gasteiger partial charge >= 0.3 is 5.97 Å². The molecule has 1 aromatic heterocycles. The maximum atomic E-state index is 10.6. The molecule has 21 heavy (non-hydrogen) atoms. The van der Waals surface area contributed by atoms with E-state index < -0.39 is 5.97 Å². The average Bonchev–Trinajstić information content (AvgIpc) is 2.86. The molecule has 2 rings (SSSR count). The molecule has 0 atom stereocenters. The Morgan fingerprint density at radius 3 is 2.57 bits per heavy atom. The molecular weight excluding hydrogens is 270 g/mol. The van der Waals surface area contributed by atoms with Crippen LogP contribution in [0.5, 0.6) is 0 Å². The molecule has 0 aromatic carbocycles. The van der Waals surface area contributed by atoms with Crippen molar-refractivity contribution in [2.45, 2.75) is 58.4 Å². The lowest BCUT2D eigenvalue weighted by atomic mass is 9.92. The molecule has 0 spiro atoms. The summed E-state index contributed by atoms with van der Waals surface area (Å²) in [6.07, 6.45) is 3.17. The van der Waals surface area contributed by atoms with Crippen LogP contribution < -0.4 is 0 Å². The largest absolute Gasteiger partial charge is 0.481 e. The van der Waals surface area contributed by atoms with Crippen LogP contribution >= 0.6 is 0 Å². The van der Waals surface area contributed by atoms with Crippen molar-refractivity contribution in [1.29, 1.82) is 0 Å². The highest BCUT2D eigenvalue weighted by molar-refractivity contribution is 5.66. The Bertz CT molecular complexity index is 471. The first-order valence-electron chi connectivity index (χ1n) is 7.62. The third-order valence-corrected chi connectivity index (χ3v) is 3.97. The summed E-state index contributed by atoms with van der Waals surface area (Å²) in [5.41, 5.74) is -0.0917. The van der Waals surface area contributed by atoms with Crippen molar-refractivity contribution in [2.24, 2.45) is 5.92 Å². The second-order valence-corrected chi connectivity index (χ2v) is 6.91. The van der Waals surface area contributed by atoms with Crippen LogP contribution in [-0.2, 0) is 16.8 Å². The molecule has 1 aliphatic heterocycles. The zero-order chi connectivity index (χ0) is 15.5. The van der Waals surface area contributed by atoms with E-state index in [4.69, 9.17) is 9.63 Å². The number of piperidine rings is 1. The Labute approximate surface area is 125 Å². The van der Waals surface area contributed by atoms with E-state index in [9.17, 15) is 4.79 Å². The standard InChI is InChI=1S/C15H25N3O3/c1-15(2,3)14-16-12(21-17-14)10-18-8-6-11(7-9-18)4-5-13(19)20/h11H,4-10H2,1-3H3,(H,19,20). The summed E-state index contributed by atoms with van der Waals surface area (Å²) in [7, 11) is 0. The molecule has 2 heterocycles. The van der Waals surface area contributed by atoms with E-state index in [0.717, 1.165) is 38.2 Å². The number of aliphatic carboxylic acids is 1. The molecule has 0 amide bonds. The first kappa shape index (κ1) is 15.9. The molecule has 1 fully saturated rings. The Morgan fingerprint density at radius 2 is 2.05 bits per heavy atom. The van der Waals surface area contributed by atoms with Crippen LogP contribution in [-0.4, -0.2) is 39.2 Å². The molecule has 1 N–H and O–H groups in total. The van der Waals surface area contributed by atoms with Gasteiger partial charge in [-0.05, 0) is 38.3 Å². The second kappa shape index (κ2) is 6.56. The van der Waals surface area contributed by atoms with Crippen LogP contribution in [0.25, 0.3) is 0 Å². The van der Waals surface area contributed by atoms with Crippen molar-refractivity contribution in [3.05, 3.63) is 11.7 Å². The SMILES string of the molecule is CC(C)(C)c1noc(CN2CCC(CCC(=O)O)CC2)n1. The van der Waals surface area contributed by atoms with Gasteiger partial charge in [0.2, 0.25) is 5.89 Å². The van der Waals surface area contributed by atoms with Crippen molar-refractivity contribution < 1.29 is 14.4 Å². The minimum Gasteiger partial charge on any atom is -0.481 e. The zero-order valence-corrected chi connectivity index (χ0v) is 13.1. The van der Waals surface area contributed by atoms with E-state index in [2.05, 4.69) is 35.8 Å². The fraction of sp³-hybridized carbons (Fsp3) is 0.800. The van der Waals surface area contributed by atoms with E-state index >= 15 is 0 Å². The number of nitrogens with zero attached hydrogens (tertiary/aromatic N) is 3. The second-order valence-electron chi connectivity index (χ2n) is 6.91. The third-order valence-electron chi connectivity index (χ3n) is 3.97. The lowest BCUT2D eigenvalue weighted by molar-refractivity contribution is -0.137. The Morgan fingerprint density at radius 1 is 1.38 bits per heavy atom. The number of hydrogen-bond donors (Lipinski definition) is 1. The summed E-state index contributed by atoms with van der Waals surface area (Å²) in [4.78, 5) is 17.4. The molecule has 6 nitrogen and oxygen atoms in total. The first-order valence-corrected chi connectivity index (χ1v) is 7.62. The molecule has 0 radical (unpaired) electrons. The van der Waals surface area contributed by atoms with Gasteiger partial charge in [-0.2, -0.15) is 4.98 Å². The number of aromatic nitrogens is 2. The van der Waals surface area contributed by atoms with Crippen LogP contribution in [0.4, 0.5) is 0 Å². The van der Waals surface area contributed by atoms with Gasteiger partial charge in [0, 0.05) is 11.8 Å². The maximum Gasteiger partial charge on any atom is 0.303 e. The van der Waals surface area contributed by atoms with Gasteiger partial charge in [-0.15, -0.1) is 0 Å². The molecule has 0 aliphatic carbocycles. The highest BCUT2D eigenvalue weighted by Crippen LogP contribution is 2.23. The van der Waals surface area contributed by atoms with E-state index in [1.807, 2.05) is 0 Å². The topological polar surface area (TPSA) is 79.5 Å². The molecule has 118 valence electrons. The number of hydrogen-bond acceptors (Lipinski definition) is 5. The molecule has 1 aliphatic rings. The highest BCUT2D eigenvalue weighted by atomic mass is 16.5. The fourth-order valence-corrected chi connectivity index (χ4v) is 2.58. The number of rotatable bonds is 5. The van der Waals surface area contributed by atoms with Crippen molar-refractivity contribution >= 4 is 5.97 Å². The number of carbonyl (C=O) groups is 1. The highest BCUT2D eigenvalue weighted by Gasteiger charge is 2.24. The molecule has 6 heteroatoms. The van der Waals surface area contributed by atoms with Gasteiger partial charge in [0.25, 0.3) is 0 Å². The summed E-state index contributed by atoms with van der Waals surface area (Å²) in [6, 6.07) is 0. The van der Waals surface area contributed by atoms with Crippen LogP contribution in [0.1, 0.15) is 58.2 Å². The Hall–Kier alpha value is -1.43. The van der Waals surface area contributed by atoms with Gasteiger partial charge < -0.3 is 9.63 Å². The van der Waals surface area contributed by atoms with Crippen molar-refractivity contribution in [1.82, 2.24) is 15.0 Å². The number of carboxylic acid groups (broad SMARTS) is 1. The first-order chi connectivity index (χ1) is 9.84. The van der Waals surface area contributed by atoms with Gasteiger partial charge in [0.05, 0.1) is 6.54 Å². The van der Waals surface area contributed by atoms with Gasteiger partial charge in [-0.3, -0.25) is 9.69 Å². The number of likely N-dealkylation sites (tertiary alicyclic amines) is 1. The summed E-state index contributed by atoms with van der Waals surface area (Å²) >= 11 is 0. The van der Waals surface area contributed by atoms with Crippen molar-refractivity contribution in [2.75, 3.05) is 13.1 Å².